The third-order valence-corrected chi connectivity index (χ3v) is 4.29. The zero-order valence-corrected chi connectivity index (χ0v) is 13.7. The third-order valence-electron chi connectivity index (χ3n) is 2.22. The normalized spacial score (nSPS) is 11.3. The van der Waals surface area contributed by atoms with Crippen LogP contribution in [0, 0.1) is 0 Å². The van der Waals surface area contributed by atoms with Crippen LogP contribution in [0.25, 0.3) is 0 Å². The van der Waals surface area contributed by atoms with Gasteiger partial charge in [0.1, 0.15) is 12.4 Å². The van der Waals surface area contributed by atoms with Crippen molar-refractivity contribution in [3.8, 4) is 5.75 Å². The highest BCUT2D eigenvalue weighted by Crippen LogP contribution is 2.36. The molecule has 0 heterocycles. The number of hydrogen-bond acceptors (Lipinski definition) is 3. The first-order chi connectivity index (χ1) is 8.25. The maximum atomic E-state index is 11.2. The fourth-order valence-electron chi connectivity index (χ4n) is 1.12. The Morgan fingerprint density at radius 3 is 2.28 bits per heavy atom. The number of halogens is 2. The summed E-state index contributed by atoms with van der Waals surface area (Å²) in [6.07, 6.45) is 0.824. The van der Waals surface area contributed by atoms with Gasteiger partial charge in [0.25, 0.3) is 0 Å². The van der Waals surface area contributed by atoms with Gasteiger partial charge in [0, 0.05) is 0 Å². The summed E-state index contributed by atoms with van der Waals surface area (Å²) in [4.78, 5) is 0.0166. The molecule has 0 unspecified atom stereocenters. The molecule has 1 aromatic rings. The minimum absolute atomic E-state index is 0.0166. The Kier molecular flexibility index (Phi) is 5.39. The van der Waals surface area contributed by atoms with Crippen LogP contribution in [0.3, 0.4) is 0 Å². The molecule has 0 aliphatic heterocycles. The highest BCUT2D eigenvalue weighted by atomic mass is 79.9. The summed E-state index contributed by atoms with van der Waals surface area (Å²) in [5.74, 6) is 0.525. The van der Waals surface area contributed by atoms with Crippen LogP contribution in [-0.4, -0.2) is 15.0 Å². The number of hydrogen-bond donors (Lipinski definition) is 1. The average Bonchev–Trinajstić information content (AvgIpc) is 2.26. The highest BCUT2D eigenvalue weighted by molar-refractivity contribution is 9.11. The molecule has 0 amide bonds. The summed E-state index contributed by atoms with van der Waals surface area (Å²) in [6, 6.07) is 2.81. The molecule has 1 rings (SSSR count). The van der Waals surface area contributed by atoms with Crippen LogP contribution in [0.15, 0.2) is 38.1 Å². The fraction of sp³-hybridized carbons (Fsp3) is 0.273. The van der Waals surface area contributed by atoms with E-state index >= 15 is 0 Å². The molecule has 0 aromatic heterocycles. The van der Waals surface area contributed by atoms with Crippen molar-refractivity contribution in [1.82, 2.24) is 0 Å². The van der Waals surface area contributed by atoms with Crippen molar-refractivity contribution in [2.75, 3.05) is 6.61 Å². The van der Waals surface area contributed by atoms with E-state index in [2.05, 4.69) is 38.4 Å². The zero-order valence-electron chi connectivity index (χ0n) is 9.74. The predicted molar refractivity (Wildman–Crippen MR) is 78.1 cm³/mol. The average molecular weight is 399 g/mol. The molecule has 0 saturated carbocycles. The molecule has 0 radical (unpaired) electrons. The molecule has 1 aromatic carbocycles. The molecule has 0 saturated heterocycles. The van der Waals surface area contributed by atoms with Crippen LogP contribution < -0.4 is 9.88 Å². The van der Waals surface area contributed by atoms with Gasteiger partial charge in [-0.3, -0.25) is 0 Å². The molecule has 2 N–H and O–H groups in total. The van der Waals surface area contributed by atoms with Crippen molar-refractivity contribution in [2.24, 2.45) is 5.14 Å². The van der Waals surface area contributed by atoms with Gasteiger partial charge in [-0.25, -0.2) is 13.6 Å². The third kappa shape index (κ3) is 4.08. The van der Waals surface area contributed by atoms with Crippen molar-refractivity contribution in [3.63, 3.8) is 0 Å². The van der Waals surface area contributed by atoms with Crippen molar-refractivity contribution in [3.05, 3.63) is 33.2 Å². The number of rotatable bonds is 5. The number of ether oxygens (including phenoxy) is 1. The van der Waals surface area contributed by atoms with E-state index in [1.54, 1.807) is 0 Å². The van der Waals surface area contributed by atoms with Gasteiger partial charge in [0.2, 0.25) is 10.0 Å². The summed E-state index contributed by atoms with van der Waals surface area (Å²) in [6.45, 7) is 6.20. The monoisotopic (exact) mass is 397 g/mol. The smallest absolute Gasteiger partial charge is 0.238 e. The van der Waals surface area contributed by atoms with Crippen molar-refractivity contribution < 1.29 is 13.2 Å². The predicted octanol–water partition coefficient (Wildman–Crippen LogP) is 3.20. The molecule has 7 heteroatoms. The van der Waals surface area contributed by atoms with Gasteiger partial charge in [0.05, 0.1) is 13.8 Å². The first kappa shape index (κ1) is 15.7. The van der Waals surface area contributed by atoms with Gasteiger partial charge >= 0.3 is 0 Å². The van der Waals surface area contributed by atoms with E-state index in [1.165, 1.54) is 12.1 Å². The Morgan fingerprint density at radius 1 is 1.39 bits per heavy atom. The Labute approximate surface area is 124 Å². The van der Waals surface area contributed by atoms with Crippen molar-refractivity contribution in [1.29, 1.82) is 0 Å². The molecule has 4 nitrogen and oxygen atoms in total. The van der Waals surface area contributed by atoms with E-state index < -0.39 is 10.0 Å². The Morgan fingerprint density at radius 2 is 1.89 bits per heavy atom. The van der Waals surface area contributed by atoms with Gasteiger partial charge in [-0.2, -0.15) is 0 Å². The van der Waals surface area contributed by atoms with Crippen LogP contribution in [0.5, 0.6) is 5.75 Å². The second-order valence-electron chi connectivity index (χ2n) is 3.65. The lowest BCUT2D eigenvalue weighted by Gasteiger charge is -2.12. The minimum atomic E-state index is -3.73. The van der Waals surface area contributed by atoms with Crippen LogP contribution in [0.2, 0.25) is 0 Å². The molecular weight excluding hydrogens is 386 g/mol. The Bertz CT molecular complexity index is 547. The number of benzene rings is 1. The molecule has 100 valence electrons. The Hall–Kier alpha value is -0.370. The van der Waals surface area contributed by atoms with Crippen molar-refractivity contribution in [2.45, 2.75) is 18.2 Å². The topological polar surface area (TPSA) is 69.4 Å². The van der Waals surface area contributed by atoms with Crippen LogP contribution in [0.4, 0.5) is 0 Å². The largest absolute Gasteiger partial charge is 0.487 e. The summed E-state index contributed by atoms with van der Waals surface area (Å²) >= 11 is 6.52. The molecule has 18 heavy (non-hydrogen) atoms. The standard InChI is InChI=1S/C11H13Br2NO3S/c1-3-7(2)6-17-11-9(12)4-8(5-10(11)13)18(14,15)16/h4-5H,2-3,6H2,1H3,(H2,14,15,16). The summed E-state index contributed by atoms with van der Waals surface area (Å²) in [5.41, 5.74) is 0.948. The molecule has 0 bridgehead atoms. The lowest BCUT2D eigenvalue weighted by molar-refractivity contribution is 0.344. The number of nitrogens with two attached hydrogens (primary N) is 1. The van der Waals surface area contributed by atoms with Gasteiger partial charge in [-0.1, -0.05) is 13.5 Å². The second kappa shape index (κ2) is 6.18. The first-order valence-electron chi connectivity index (χ1n) is 5.07. The second-order valence-corrected chi connectivity index (χ2v) is 6.92. The number of sulfonamides is 1. The molecule has 0 aliphatic carbocycles. The van der Waals surface area contributed by atoms with Crippen molar-refractivity contribution >= 4 is 41.9 Å². The molecule has 0 fully saturated rings. The highest BCUT2D eigenvalue weighted by Gasteiger charge is 2.15. The maximum absolute atomic E-state index is 11.2. The quantitative estimate of drug-likeness (QED) is 0.774. The van der Waals surface area contributed by atoms with E-state index in [0.29, 0.717) is 21.3 Å². The van der Waals surface area contributed by atoms with Gasteiger partial charge in [-0.05, 0) is 56.0 Å². The summed E-state index contributed by atoms with van der Waals surface area (Å²) in [5, 5.41) is 5.06. The van der Waals surface area contributed by atoms with Gasteiger partial charge < -0.3 is 4.74 Å². The summed E-state index contributed by atoms with van der Waals surface area (Å²) in [7, 11) is -3.73. The van der Waals surface area contributed by atoms with Crippen LogP contribution in [-0.2, 0) is 10.0 Å². The molecule has 0 atom stereocenters. The molecule has 0 spiro atoms. The van der Waals surface area contributed by atoms with Gasteiger partial charge in [0.15, 0.2) is 0 Å². The van der Waals surface area contributed by atoms with Crippen LogP contribution >= 0.6 is 31.9 Å². The van der Waals surface area contributed by atoms with E-state index in [-0.39, 0.29) is 4.90 Å². The minimum Gasteiger partial charge on any atom is -0.487 e. The fourth-order valence-corrected chi connectivity index (χ4v) is 3.40. The van der Waals surface area contributed by atoms with E-state index in [0.717, 1.165) is 12.0 Å². The molecule has 0 aliphatic rings. The first-order valence-corrected chi connectivity index (χ1v) is 8.20. The van der Waals surface area contributed by atoms with Gasteiger partial charge in [-0.15, -0.1) is 0 Å². The van der Waals surface area contributed by atoms with Crippen LogP contribution in [0.1, 0.15) is 13.3 Å². The van der Waals surface area contributed by atoms with E-state index in [4.69, 9.17) is 9.88 Å². The number of primary sulfonamides is 1. The maximum Gasteiger partial charge on any atom is 0.238 e. The molecular formula is C11H13Br2NO3S. The van der Waals surface area contributed by atoms with E-state index in [9.17, 15) is 8.42 Å². The zero-order chi connectivity index (χ0) is 13.9. The lowest BCUT2D eigenvalue weighted by atomic mass is 10.2. The Balaban J connectivity index is 3.06. The SMILES string of the molecule is C=C(CC)COc1c(Br)cc(S(N)(=O)=O)cc1Br. The van der Waals surface area contributed by atoms with E-state index in [1.807, 2.05) is 6.92 Å². The summed E-state index contributed by atoms with van der Waals surface area (Å²) < 4.78 is 29.1. The lowest BCUT2D eigenvalue weighted by Crippen LogP contribution is -2.12.